The van der Waals surface area contributed by atoms with Gasteiger partial charge in [0.15, 0.2) is 0 Å². The Bertz CT molecular complexity index is 1260. The molecule has 2 aromatic carbocycles. The minimum atomic E-state index is -3.69. The quantitative estimate of drug-likeness (QED) is 0.548. The van der Waals surface area contributed by atoms with E-state index in [4.69, 9.17) is 0 Å². The summed E-state index contributed by atoms with van der Waals surface area (Å²) in [5.41, 5.74) is 2.43. The summed E-state index contributed by atoms with van der Waals surface area (Å²) in [6, 6.07) is 8.68. The summed E-state index contributed by atoms with van der Waals surface area (Å²) < 4.78 is 56.1. The van der Waals surface area contributed by atoms with Crippen LogP contribution in [-0.4, -0.2) is 51.6 Å². The highest BCUT2D eigenvalue weighted by atomic mass is 32.2. The predicted molar refractivity (Wildman–Crippen MR) is 134 cm³/mol. The number of piperidine rings is 2. The van der Waals surface area contributed by atoms with Crippen LogP contribution < -0.4 is 0 Å². The van der Waals surface area contributed by atoms with Crippen molar-refractivity contribution in [1.29, 1.82) is 0 Å². The zero-order chi connectivity index (χ0) is 25.0. The van der Waals surface area contributed by atoms with Crippen LogP contribution in [0.4, 0.5) is 0 Å². The lowest BCUT2D eigenvalue weighted by Crippen LogP contribution is -2.37. The zero-order valence-electron chi connectivity index (χ0n) is 20.1. The third-order valence-corrected chi connectivity index (χ3v) is 11.6. The minimum Gasteiger partial charge on any atom is -0.207 e. The van der Waals surface area contributed by atoms with Crippen LogP contribution in [0.3, 0.4) is 0 Å². The van der Waals surface area contributed by atoms with Crippen molar-refractivity contribution >= 4 is 20.0 Å². The molecule has 2 aromatic rings. The fraction of sp³-hybridized carbons (Fsp3) is 0.520. The van der Waals surface area contributed by atoms with Gasteiger partial charge in [0.1, 0.15) is 6.04 Å². The first-order valence-corrected chi connectivity index (χ1v) is 15.1. The van der Waals surface area contributed by atoms with E-state index in [9.17, 15) is 21.7 Å². The Labute approximate surface area is 207 Å². The molecule has 8 nitrogen and oxygen atoms in total. The molecular formula is C25H31N3O5S2. The van der Waals surface area contributed by atoms with Crippen LogP contribution >= 0.6 is 0 Å². The first kappa shape index (κ1) is 24.5. The zero-order valence-corrected chi connectivity index (χ0v) is 21.7. The van der Waals surface area contributed by atoms with Crippen molar-refractivity contribution in [2.75, 3.05) is 26.2 Å². The van der Waals surface area contributed by atoms with Crippen LogP contribution in [0.25, 0.3) is 11.1 Å². The Balaban J connectivity index is 1.48. The minimum absolute atomic E-state index is 0.141. The molecule has 2 aliphatic heterocycles. The van der Waals surface area contributed by atoms with Gasteiger partial charge in [-0.25, -0.2) is 16.8 Å². The lowest BCUT2D eigenvalue weighted by atomic mass is 10.0. The van der Waals surface area contributed by atoms with Gasteiger partial charge in [-0.2, -0.15) is 8.61 Å². The van der Waals surface area contributed by atoms with Crippen LogP contribution in [0, 0.1) is 16.7 Å². The molecule has 35 heavy (non-hydrogen) atoms. The van der Waals surface area contributed by atoms with E-state index >= 15 is 0 Å². The van der Waals surface area contributed by atoms with E-state index in [0.717, 1.165) is 25.7 Å². The Morgan fingerprint density at radius 2 is 1.06 bits per heavy atom. The van der Waals surface area contributed by atoms with E-state index in [-0.39, 0.29) is 9.79 Å². The van der Waals surface area contributed by atoms with Crippen molar-refractivity contribution in [2.24, 2.45) is 17.0 Å². The van der Waals surface area contributed by atoms with Crippen LogP contribution in [-0.2, 0) is 20.0 Å². The average Bonchev–Trinajstić information content (AvgIpc) is 3.16. The van der Waals surface area contributed by atoms with Crippen LogP contribution in [0.5, 0.6) is 0 Å². The standard InChI is InChI=1S/C25H31N3O5S2/c1-17-7-11-27(12-8-17)34(30,31)19-3-5-21-22-6-4-20(16-24(22)25(26-29)23(21)15-19)35(32,33)28-13-9-18(2)10-14-28/h3-6,15-18,25H,7-14H2,1-2H3. The van der Waals surface area contributed by atoms with E-state index in [1.54, 1.807) is 24.3 Å². The monoisotopic (exact) mass is 517 g/mol. The van der Waals surface area contributed by atoms with Gasteiger partial charge in [0.2, 0.25) is 20.0 Å². The number of sulfonamides is 2. The summed E-state index contributed by atoms with van der Waals surface area (Å²) in [6.45, 7) is 6.16. The second-order valence-corrected chi connectivity index (χ2v) is 14.1. The lowest BCUT2D eigenvalue weighted by molar-refractivity contribution is 0.287. The topological polar surface area (TPSA) is 104 Å². The van der Waals surface area contributed by atoms with Crippen molar-refractivity contribution in [3.05, 3.63) is 52.4 Å². The van der Waals surface area contributed by atoms with Crippen molar-refractivity contribution in [1.82, 2.24) is 8.61 Å². The smallest absolute Gasteiger partial charge is 0.207 e. The molecular weight excluding hydrogens is 486 g/mol. The third kappa shape index (κ3) is 4.24. The molecule has 0 spiro atoms. The van der Waals surface area contributed by atoms with E-state index in [1.165, 1.54) is 20.7 Å². The SMILES string of the molecule is CC1CCN(S(=O)(=O)c2ccc3c(c2)C(N=O)c2cc(S(=O)(=O)N4CCC(C)CC4)ccc2-3)CC1. The summed E-state index contributed by atoms with van der Waals surface area (Å²) in [6.07, 6.45) is 3.28. The maximum atomic E-state index is 13.3. The van der Waals surface area contributed by atoms with Gasteiger partial charge in [0.05, 0.1) is 9.79 Å². The van der Waals surface area contributed by atoms with Gasteiger partial charge < -0.3 is 0 Å². The number of fused-ring (bicyclic) bond motifs is 3. The second-order valence-electron chi connectivity index (χ2n) is 10.2. The fourth-order valence-electron chi connectivity index (χ4n) is 5.38. The first-order chi connectivity index (χ1) is 16.6. The van der Waals surface area contributed by atoms with Gasteiger partial charge in [-0.1, -0.05) is 31.2 Å². The number of nitrogens with zero attached hydrogens (tertiary/aromatic N) is 3. The van der Waals surface area contributed by atoms with E-state index < -0.39 is 26.1 Å². The van der Waals surface area contributed by atoms with Crippen molar-refractivity contribution in [3.63, 3.8) is 0 Å². The molecule has 0 radical (unpaired) electrons. The van der Waals surface area contributed by atoms with Crippen molar-refractivity contribution < 1.29 is 16.8 Å². The normalized spacial score (nSPS) is 21.1. The molecule has 1 aliphatic carbocycles. The Hall–Kier alpha value is -2.14. The molecule has 0 bridgehead atoms. The maximum absolute atomic E-state index is 13.3. The van der Waals surface area contributed by atoms with E-state index in [1.807, 2.05) is 0 Å². The van der Waals surface area contributed by atoms with Crippen LogP contribution in [0.2, 0.25) is 0 Å². The van der Waals surface area contributed by atoms with Crippen molar-refractivity contribution in [2.45, 2.75) is 55.4 Å². The molecule has 2 fully saturated rings. The Morgan fingerprint density at radius 1 is 0.686 bits per heavy atom. The van der Waals surface area contributed by atoms with Crippen molar-refractivity contribution in [3.8, 4) is 11.1 Å². The molecule has 0 aromatic heterocycles. The molecule has 2 heterocycles. The number of nitroso groups, excluding NO2 is 1. The fourth-order valence-corrected chi connectivity index (χ4v) is 8.39. The van der Waals surface area contributed by atoms with E-state index in [2.05, 4.69) is 19.0 Å². The van der Waals surface area contributed by atoms with Gasteiger partial charge in [0.25, 0.3) is 0 Å². The molecule has 0 N–H and O–H groups in total. The molecule has 2 saturated heterocycles. The third-order valence-electron chi connectivity index (χ3n) is 7.79. The molecule has 0 saturated carbocycles. The molecule has 0 unspecified atom stereocenters. The number of hydrogen-bond donors (Lipinski definition) is 0. The van der Waals surface area contributed by atoms with E-state index in [0.29, 0.717) is 60.3 Å². The second kappa shape index (κ2) is 9.06. The molecule has 188 valence electrons. The number of hydrogen-bond acceptors (Lipinski definition) is 6. The molecule has 10 heteroatoms. The molecule has 0 amide bonds. The number of rotatable bonds is 5. The molecule has 3 aliphatic rings. The Morgan fingerprint density at radius 3 is 1.40 bits per heavy atom. The van der Waals surface area contributed by atoms with Gasteiger partial charge in [-0.05, 0) is 84.0 Å². The largest absolute Gasteiger partial charge is 0.243 e. The Kier molecular flexibility index (Phi) is 6.36. The summed E-state index contributed by atoms with van der Waals surface area (Å²) in [5, 5.41) is 3.29. The highest BCUT2D eigenvalue weighted by Crippen LogP contribution is 2.47. The van der Waals surface area contributed by atoms with Gasteiger partial charge in [0, 0.05) is 26.2 Å². The molecule has 0 atom stereocenters. The predicted octanol–water partition coefficient (Wildman–Crippen LogP) is 4.36. The molecule has 5 rings (SSSR count). The highest BCUT2D eigenvalue weighted by Gasteiger charge is 2.36. The van der Waals surface area contributed by atoms with Crippen LogP contribution in [0.1, 0.15) is 56.7 Å². The summed E-state index contributed by atoms with van der Waals surface area (Å²) in [7, 11) is -7.38. The number of benzene rings is 2. The van der Waals surface area contributed by atoms with Gasteiger partial charge >= 0.3 is 0 Å². The summed E-state index contributed by atoms with van der Waals surface area (Å²) in [5.74, 6) is 0.997. The van der Waals surface area contributed by atoms with Gasteiger partial charge in [-0.15, -0.1) is 4.91 Å². The average molecular weight is 518 g/mol. The maximum Gasteiger partial charge on any atom is 0.243 e. The van der Waals surface area contributed by atoms with Gasteiger partial charge in [-0.3, -0.25) is 0 Å². The highest BCUT2D eigenvalue weighted by molar-refractivity contribution is 7.89. The summed E-state index contributed by atoms with van der Waals surface area (Å²) in [4.78, 5) is 12.2. The van der Waals surface area contributed by atoms with Crippen LogP contribution in [0.15, 0.2) is 51.4 Å². The summed E-state index contributed by atoms with van der Waals surface area (Å²) >= 11 is 0. The first-order valence-electron chi connectivity index (χ1n) is 12.2. The lowest BCUT2D eigenvalue weighted by Gasteiger charge is -2.29.